The van der Waals surface area contributed by atoms with Crippen LogP contribution in [0.3, 0.4) is 0 Å². The average Bonchev–Trinajstić information content (AvgIpc) is 3.25. The molecule has 4 aliphatic carbocycles. The van der Waals surface area contributed by atoms with Crippen molar-refractivity contribution in [3.8, 4) is 0 Å². The van der Waals surface area contributed by atoms with E-state index in [2.05, 4.69) is 50.2 Å². The molecule has 9 unspecified atom stereocenters. The van der Waals surface area contributed by atoms with Crippen LogP contribution in [0.15, 0.2) is 0 Å². The quantitative estimate of drug-likeness (QED) is 0.289. The number of hydrogen-bond donors (Lipinski definition) is 3. The summed E-state index contributed by atoms with van der Waals surface area (Å²) in [5.41, 5.74) is 0.975. The van der Waals surface area contributed by atoms with Gasteiger partial charge in [-0.3, -0.25) is 0 Å². The normalized spacial score (nSPS) is 44.4. The molecule has 10 atom stereocenters. The fourth-order valence-corrected chi connectivity index (χ4v) is 11.1. The maximum Gasteiger partial charge on any atom is 0.0543 e. The Morgan fingerprint density at radius 3 is 2.37 bits per heavy atom. The second kappa shape index (κ2) is 12.4. The minimum Gasteiger partial charge on any atom is -0.393 e. The molecule has 4 nitrogen and oxygen atoms in total. The number of aliphatic hydroxyl groups excluding tert-OH is 1. The highest BCUT2D eigenvalue weighted by molar-refractivity contribution is 5.12. The molecule has 0 bridgehead atoms. The van der Waals surface area contributed by atoms with Crippen LogP contribution in [0.1, 0.15) is 112 Å². The largest absolute Gasteiger partial charge is 0.393 e. The minimum absolute atomic E-state index is 0.0776. The number of nitrogens with one attached hydrogen (secondary N) is 2. The fourth-order valence-electron chi connectivity index (χ4n) is 11.1. The summed E-state index contributed by atoms with van der Waals surface area (Å²) in [6.45, 7) is 19.9. The van der Waals surface area contributed by atoms with Crippen molar-refractivity contribution in [2.75, 3.05) is 39.3 Å². The van der Waals surface area contributed by atoms with Crippen LogP contribution < -0.4 is 10.6 Å². The van der Waals surface area contributed by atoms with Gasteiger partial charge in [-0.05, 0) is 123 Å². The molecule has 3 N–H and O–H groups in total. The van der Waals surface area contributed by atoms with E-state index in [1.807, 2.05) is 0 Å². The number of piperazine rings is 1. The lowest BCUT2D eigenvalue weighted by Gasteiger charge is -2.63. The van der Waals surface area contributed by atoms with Gasteiger partial charge in [-0.25, -0.2) is 0 Å². The predicted molar refractivity (Wildman–Crippen MR) is 160 cm³/mol. The number of nitrogens with zero attached hydrogens (tertiary/aromatic N) is 1. The Bertz CT molecular complexity index is 752. The van der Waals surface area contributed by atoms with Crippen molar-refractivity contribution in [3.63, 3.8) is 0 Å². The van der Waals surface area contributed by atoms with Crippen LogP contribution in [0, 0.1) is 52.3 Å². The maximum atomic E-state index is 10.8. The molecule has 1 aliphatic heterocycles. The van der Waals surface area contributed by atoms with Gasteiger partial charge in [0.15, 0.2) is 0 Å². The lowest BCUT2D eigenvalue weighted by molar-refractivity contribution is -0.141. The van der Waals surface area contributed by atoms with Crippen molar-refractivity contribution in [1.29, 1.82) is 0 Å². The number of fused-ring (bicyclic) bond motifs is 5. The van der Waals surface area contributed by atoms with Crippen LogP contribution >= 0.6 is 0 Å². The Balaban J connectivity index is 1.26. The average molecular weight is 530 g/mol. The van der Waals surface area contributed by atoms with Crippen molar-refractivity contribution < 1.29 is 5.11 Å². The van der Waals surface area contributed by atoms with E-state index in [4.69, 9.17) is 0 Å². The van der Waals surface area contributed by atoms with Crippen LogP contribution in [-0.4, -0.2) is 61.4 Å². The zero-order valence-electron chi connectivity index (χ0n) is 25.8. The molecule has 5 aliphatic rings. The van der Waals surface area contributed by atoms with Crippen molar-refractivity contribution in [2.45, 2.75) is 124 Å². The van der Waals surface area contributed by atoms with Crippen LogP contribution in [0.4, 0.5) is 0 Å². The standard InChI is InChI=1S/C34H63N3O/c1-24(2)8-6-9-25(3)28-10-11-29-27-23-32(36-16-7-19-37-20-17-35-18-21-37)31-22-26(38)12-14-34(31,5)30(27)13-15-33(28,29)4/h24-32,35-36,38H,6-23H2,1-5H3/t25-,26?,27?,28?,29?,30?,31?,32?,33?,34?/m1/s1. The smallest absolute Gasteiger partial charge is 0.0543 e. The van der Waals surface area contributed by atoms with Crippen molar-refractivity contribution in [3.05, 3.63) is 0 Å². The predicted octanol–water partition coefficient (Wildman–Crippen LogP) is 6.33. The van der Waals surface area contributed by atoms with Crippen LogP contribution in [0.2, 0.25) is 0 Å². The summed E-state index contributed by atoms with van der Waals surface area (Å²) in [6, 6.07) is 0.601. The molecule has 0 aromatic heterocycles. The van der Waals surface area contributed by atoms with E-state index in [1.165, 1.54) is 83.8 Å². The zero-order valence-corrected chi connectivity index (χ0v) is 25.8. The first-order valence-electron chi connectivity index (χ1n) is 17.1. The highest BCUT2D eigenvalue weighted by atomic mass is 16.3. The number of hydrogen-bond acceptors (Lipinski definition) is 4. The van der Waals surface area contributed by atoms with E-state index >= 15 is 0 Å². The Labute approximate surface area is 235 Å². The zero-order chi connectivity index (χ0) is 26.9. The summed E-state index contributed by atoms with van der Waals surface area (Å²) in [6.07, 6.45) is 16.0. The lowest BCUT2D eigenvalue weighted by atomic mass is 9.43. The lowest BCUT2D eigenvalue weighted by Crippen LogP contribution is -2.61. The Kier molecular flexibility index (Phi) is 9.55. The first-order chi connectivity index (χ1) is 18.2. The second-order valence-electron chi connectivity index (χ2n) is 15.7. The van der Waals surface area contributed by atoms with E-state index in [9.17, 15) is 5.11 Å². The molecular weight excluding hydrogens is 466 g/mol. The minimum atomic E-state index is -0.0776. The maximum absolute atomic E-state index is 10.8. The van der Waals surface area contributed by atoms with Crippen molar-refractivity contribution in [2.24, 2.45) is 52.3 Å². The van der Waals surface area contributed by atoms with Crippen molar-refractivity contribution >= 4 is 0 Å². The molecule has 5 rings (SSSR count). The summed E-state index contributed by atoms with van der Waals surface area (Å²) in [5, 5.41) is 18.4. The second-order valence-corrected chi connectivity index (χ2v) is 15.7. The van der Waals surface area contributed by atoms with Gasteiger partial charge in [-0.2, -0.15) is 0 Å². The van der Waals surface area contributed by atoms with Gasteiger partial charge >= 0.3 is 0 Å². The van der Waals surface area contributed by atoms with Crippen molar-refractivity contribution in [1.82, 2.24) is 15.5 Å². The Morgan fingerprint density at radius 1 is 0.868 bits per heavy atom. The Hall–Kier alpha value is -0.160. The third-order valence-corrected chi connectivity index (χ3v) is 13.2. The molecule has 1 saturated heterocycles. The Morgan fingerprint density at radius 2 is 1.61 bits per heavy atom. The van der Waals surface area contributed by atoms with E-state index in [0.717, 1.165) is 68.0 Å². The topological polar surface area (TPSA) is 47.5 Å². The van der Waals surface area contributed by atoms with E-state index in [1.54, 1.807) is 0 Å². The first-order valence-corrected chi connectivity index (χ1v) is 17.1. The van der Waals surface area contributed by atoms with Gasteiger partial charge < -0.3 is 20.6 Å². The number of aliphatic hydroxyl groups is 1. The highest BCUT2D eigenvalue weighted by Gasteiger charge is 2.62. The van der Waals surface area contributed by atoms with Crippen LogP contribution in [-0.2, 0) is 0 Å². The molecule has 0 radical (unpaired) electrons. The van der Waals surface area contributed by atoms with Gasteiger partial charge in [0.2, 0.25) is 0 Å². The fraction of sp³-hybridized carbons (Fsp3) is 1.00. The summed E-state index contributed by atoms with van der Waals surface area (Å²) in [7, 11) is 0. The highest BCUT2D eigenvalue weighted by Crippen LogP contribution is 2.68. The molecule has 4 saturated carbocycles. The first kappa shape index (κ1) is 29.3. The van der Waals surface area contributed by atoms with Gasteiger partial charge in [0.1, 0.15) is 0 Å². The summed E-state index contributed by atoms with van der Waals surface area (Å²) < 4.78 is 0. The van der Waals surface area contributed by atoms with Crippen LogP contribution in [0.25, 0.3) is 0 Å². The third kappa shape index (κ3) is 5.90. The molecule has 0 amide bonds. The van der Waals surface area contributed by atoms with E-state index in [-0.39, 0.29) is 6.10 Å². The van der Waals surface area contributed by atoms with E-state index in [0.29, 0.717) is 22.8 Å². The summed E-state index contributed by atoms with van der Waals surface area (Å²) in [4.78, 5) is 2.64. The molecular formula is C34H63N3O. The van der Waals surface area contributed by atoms with Gasteiger partial charge in [0, 0.05) is 32.2 Å². The van der Waals surface area contributed by atoms with Gasteiger partial charge in [-0.1, -0.05) is 53.9 Å². The molecule has 0 spiro atoms. The van der Waals surface area contributed by atoms with Gasteiger partial charge in [-0.15, -0.1) is 0 Å². The summed E-state index contributed by atoms with van der Waals surface area (Å²) in [5.74, 6) is 6.02. The SMILES string of the molecule is CC(C)CCC[C@@H](C)C1CCC2C3CC(NCCCN4CCNCC4)C4CC(O)CCC4(C)C3CCC21C. The molecule has 0 aromatic carbocycles. The molecule has 4 heteroatoms. The van der Waals surface area contributed by atoms with Gasteiger partial charge in [0.25, 0.3) is 0 Å². The summed E-state index contributed by atoms with van der Waals surface area (Å²) >= 11 is 0. The number of rotatable bonds is 10. The van der Waals surface area contributed by atoms with Gasteiger partial charge in [0.05, 0.1) is 6.10 Å². The monoisotopic (exact) mass is 529 g/mol. The molecule has 38 heavy (non-hydrogen) atoms. The molecule has 220 valence electrons. The molecule has 5 fully saturated rings. The molecule has 1 heterocycles. The molecule has 0 aromatic rings. The van der Waals surface area contributed by atoms with E-state index < -0.39 is 0 Å². The van der Waals surface area contributed by atoms with Crippen LogP contribution in [0.5, 0.6) is 0 Å². The third-order valence-electron chi connectivity index (χ3n) is 13.2.